The lowest BCUT2D eigenvalue weighted by Gasteiger charge is -2.09. The smallest absolute Gasteiger partial charge is 0.244 e. The fourth-order valence-corrected chi connectivity index (χ4v) is 2.04. The first-order valence-corrected chi connectivity index (χ1v) is 7.39. The van der Waals surface area contributed by atoms with Crippen LogP contribution in [-0.4, -0.2) is 25.8 Å². The molecule has 0 bridgehead atoms. The average Bonchev–Trinajstić information content (AvgIpc) is 2.57. The average molecular weight is 312 g/mol. The minimum atomic E-state index is -0.162. The first kappa shape index (κ1) is 16.5. The molecule has 5 heteroatoms. The Morgan fingerprint density at radius 3 is 2.65 bits per heavy atom. The number of hydrazone groups is 1. The Labute approximate surface area is 135 Å². The van der Waals surface area contributed by atoms with Crippen molar-refractivity contribution in [1.29, 1.82) is 0 Å². The summed E-state index contributed by atoms with van der Waals surface area (Å²) in [6, 6.07) is 15.0. The molecule has 0 aromatic heterocycles. The van der Waals surface area contributed by atoms with Gasteiger partial charge in [0.15, 0.2) is 11.5 Å². The third-order valence-corrected chi connectivity index (χ3v) is 3.10. The van der Waals surface area contributed by atoms with Crippen LogP contribution in [0.15, 0.2) is 53.6 Å². The maximum Gasteiger partial charge on any atom is 0.244 e. The van der Waals surface area contributed by atoms with Gasteiger partial charge in [-0.05, 0) is 36.2 Å². The molecule has 0 atom stereocenters. The number of rotatable bonds is 7. The molecule has 0 aliphatic carbocycles. The second-order valence-electron chi connectivity index (χ2n) is 4.80. The van der Waals surface area contributed by atoms with Crippen molar-refractivity contribution in [2.45, 2.75) is 13.3 Å². The summed E-state index contributed by atoms with van der Waals surface area (Å²) in [6.07, 6.45) is 1.87. The molecule has 0 radical (unpaired) electrons. The van der Waals surface area contributed by atoms with Gasteiger partial charge in [0.25, 0.3) is 0 Å². The SMILES string of the molecule is CCOc1ccc(C=NNC(=O)Cc2ccccc2)cc1OC. The number of amides is 1. The van der Waals surface area contributed by atoms with Crippen LogP contribution in [0.25, 0.3) is 0 Å². The van der Waals surface area contributed by atoms with Gasteiger partial charge in [0.1, 0.15) is 0 Å². The summed E-state index contributed by atoms with van der Waals surface area (Å²) in [5, 5.41) is 3.97. The highest BCUT2D eigenvalue weighted by molar-refractivity contribution is 5.84. The highest BCUT2D eigenvalue weighted by atomic mass is 16.5. The van der Waals surface area contributed by atoms with Crippen LogP contribution in [0.1, 0.15) is 18.1 Å². The number of nitrogens with zero attached hydrogens (tertiary/aromatic N) is 1. The van der Waals surface area contributed by atoms with Crippen molar-refractivity contribution in [3.8, 4) is 11.5 Å². The quantitative estimate of drug-likeness (QED) is 0.632. The molecule has 0 fully saturated rings. The molecule has 0 spiro atoms. The first-order valence-electron chi connectivity index (χ1n) is 7.39. The number of hydrogen-bond acceptors (Lipinski definition) is 4. The van der Waals surface area contributed by atoms with E-state index in [1.54, 1.807) is 19.4 Å². The highest BCUT2D eigenvalue weighted by Crippen LogP contribution is 2.27. The molecule has 2 aromatic rings. The topological polar surface area (TPSA) is 59.9 Å². The largest absolute Gasteiger partial charge is 0.493 e. The third kappa shape index (κ3) is 5.14. The second kappa shape index (κ2) is 8.58. The van der Waals surface area contributed by atoms with Crippen LogP contribution in [0.2, 0.25) is 0 Å². The van der Waals surface area contributed by atoms with Crippen LogP contribution in [-0.2, 0) is 11.2 Å². The summed E-state index contributed by atoms with van der Waals surface area (Å²) >= 11 is 0. The predicted octanol–water partition coefficient (Wildman–Crippen LogP) is 2.79. The summed E-state index contributed by atoms with van der Waals surface area (Å²) < 4.78 is 10.7. The second-order valence-corrected chi connectivity index (χ2v) is 4.80. The highest BCUT2D eigenvalue weighted by Gasteiger charge is 2.04. The summed E-state index contributed by atoms with van der Waals surface area (Å²) in [5.74, 6) is 1.15. The van der Waals surface area contributed by atoms with E-state index in [1.165, 1.54) is 0 Å². The molecular formula is C18H20N2O3. The number of methoxy groups -OCH3 is 1. The van der Waals surface area contributed by atoms with Gasteiger partial charge < -0.3 is 9.47 Å². The molecule has 1 N–H and O–H groups in total. The van der Waals surface area contributed by atoms with Crippen molar-refractivity contribution < 1.29 is 14.3 Å². The van der Waals surface area contributed by atoms with Crippen LogP contribution in [0.4, 0.5) is 0 Å². The summed E-state index contributed by atoms with van der Waals surface area (Å²) in [6.45, 7) is 2.48. The molecule has 0 heterocycles. The van der Waals surface area contributed by atoms with Gasteiger partial charge in [-0.25, -0.2) is 5.43 Å². The van der Waals surface area contributed by atoms with Crippen LogP contribution < -0.4 is 14.9 Å². The maximum absolute atomic E-state index is 11.8. The van der Waals surface area contributed by atoms with E-state index in [9.17, 15) is 4.79 Å². The molecule has 0 unspecified atom stereocenters. The zero-order valence-electron chi connectivity index (χ0n) is 13.3. The molecule has 0 aliphatic rings. The first-order chi connectivity index (χ1) is 11.2. The van der Waals surface area contributed by atoms with E-state index in [0.717, 1.165) is 11.1 Å². The molecular weight excluding hydrogens is 292 g/mol. The van der Waals surface area contributed by atoms with E-state index in [0.29, 0.717) is 24.5 Å². The van der Waals surface area contributed by atoms with Gasteiger partial charge in [-0.3, -0.25) is 4.79 Å². The lowest BCUT2D eigenvalue weighted by molar-refractivity contribution is -0.120. The molecule has 1 amide bonds. The lowest BCUT2D eigenvalue weighted by Crippen LogP contribution is -2.19. The molecule has 2 rings (SSSR count). The van der Waals surface area contributed by atoms with Gasteiger partial charge in [-0.2, -0.15) is 5.10 Å². The summed E-state index contributed by atoms with van der Waals surface area (Å²) in [4.78, 5) is 11.8. The van der Waals surface area contributed by atoms with Crippen LogP contribution in [0.3, 0.4) is 0 Å². The summed E-state index contributed by atoms with van der Waals surface area (Å²) in [7, 11) is 1.58. The Balaban J connectivity index is 1.93. The van der Waals surface area contributed by atoms with E-state index in [4.69, 9.17) is 9.47 Å². The van der Waals surface area contributed by atoms with E-state index >= 15 is 0 Å². The number of carbonyl (C=O) groups is 1. The fraction of sp³-hybridized carbons (Fsp3) is 0.222. The van der Waals surface area contributed by atoms with Gasteiger partial charge in [-0.1, -0.05) is 30.3 Å². The van der Waals surface area contributed by atoms with Crippen molar-refractivity contribution in [2.75, 3.05) is 13.7 Å². The van der Waals surface area contributed by atoms with E-state index in [2.05, 4.69) is 10.5 Å². The maximum atomic E-state index is 11.8. The van der Waals surface area contributed by atoms with Crippen LogP contribution in [0, 0.1) is 0 Å². The molecule has 2 aromatic carbocycles. The Morgan fingerprint density at radius 1 is 1.17 bits per heavy atom. The number of ether oxygens (including phenoxy) is 2. The van der Waals surface area contributed by atoms with Crippen LogP contribution >= 0.6 is 0 Å². The van der Waals surface area contributed by atoms with Gasteiger partial charge in [0, 0.05) is 0 Å². The van der Waals surface area contributed by atoms with Gasteiger partial charge >= 0.3 is 0 Å². The van der Waals surface area contributed by atoms with Crippen molar-refractivity contribution in [3.05, 3.63) is 59.7 Å². The molecule has 0 saturated heterocycles. The van der Waals surface area contributed by atoms with Crippen molar-refractivity contribution in [2.24, 2.45) is 5.10 Å². The molecule has 5 nitrogen and oxygen atoms in total. The van der Waals surface area contributed by atoms with E-state index in [-0.39, 0.29) is 5.91 Å². The Kier molecular flexibility index (Phi) is 6.17. The number of carbonyl (C=O) groups excluding carboxylic acids is 1. The van der Waals surface area contributed by atoms with Crippen molar-refractivity contribution in [3.63, 3.8) is 0 Å². The zero-order chi connectivity index (χ0) is 16.5. The monoisotopic (exact) mass is 312 g/mol. The van der Waals surface area contributed by atoms with E-state index < -0.39 is 0 Å². The molecule has 0 saturated carbocycles. The number of hydrogen-bond donors (Lipinski definition) is 1. The molecule has 120 valence electrons. The normalized spacial score (nSPS) is 10.5. The van der Waals surface area contributed by atoms with Crippen LogP contribution in [0.5, 0.6) is 11.5 Å². The zero-order valence-corrected chi connectivity index (χ0v) is 13.3. The minimum absolute atomic E-state index is 0.162. The Bertz CT molecular complexity index is 669. The van der Waals surface area contributed by atoms with Gasteiger partial charge in [-0.15, -0.1) is 0 Å². The predicted molar refractivity (Wildman–Crippen MR) is 90.0 cm³/mol. The lowest BCUT2D eigenvalue weighted by atomic mass is 10.1. The summed E-state index contributed by atoms with van der Waals surface area (Å²) in [5.41, 5.74) is 4.27. The number of benzene rings is 2. The third-order valence-electron chi connectivity index (χ3n) is 3.10. The van der Waals surface area contributed by atoms with Crippen molar-refractivity contribution in [1.82, 2.24) is 5.43 Å². The number of nitrogens with one attached hydrogen (secondary N) is 1. The van der Waals surface area contributed by atoms with Gasteiger partial charge in [0.2, 0.25) is 5.91 Å². The minimum Gasteiger partial charge on any atom is -0.493 e. The Hall–Kier alpha value is -2.82. The Morgan fingerprint density at radius 2 is 1.96 bits per heavy atom. The van der Waals surface area contributed by atoms with Crippen molar-refractivity contribution >= 4 is 12.1 Å². The van der Waals surface area contributed by atoms with E-state index in [1.807, 2.05) is 49.4 Å². The standard InChI is InChI=1S/C18H20N2O3/c1-3-23-16-10-9-15(11-17(16)22-2)13-19-20-18(21)12-14-7-5-4-6-8-14/h4-11,13H,3,12H2,1-2H3,(H,20,21). The molecule has 0 aliphatic heterocycles. The molecule has 23 heavy (non-hydrogen) atoms. The van der Waals surface area contributed by atoms with Gasteiger partial charge in [0.05, 0.1) is 26.4 Å². The fourth-order valence-electron chi connectivity index (χ4n) is 2.04.